The standard InChI is InChI=1S/C26H29N5O5S/c1-34-20-7-5-4-6-19(20)29-10-12-30(13-11-29)23(32)9-8-17-25(33)31-24(27-17)16-14-21(35-2)22(36-3)15-18(16)28-26(31)37/h4-7,14-15,17,27H,8-13H2,1-3H3/t17-/m0/s1. The number of aromatic nitrogens is 2. The van der Waals surface area contributed by atoms with Gasteiger partial charge in [-0.05, 0) is 36.8 Å². The molecule has 10 nitrogen and oxygen atoms in total. The molecule has 3 aromatic rings. The lowest BCUT2D eigenvalue weighted by atomic mass is 10.1. The molecule has 3 heterocycles. The van der Waals surface area contributed by atoms with Crippen molar-refractivity contribution < 1.29 is 23.8 Å². The van der Waals surface area contributed by atoms with Crippen LogP contribution in [0.25, 0.3) is 10.9 Å². The summed E-state index contributed by atoms with van der Waals surface area (Å²) in [5, 5.41) is 3.97. The van der Waals surface area contributed by atoms with E-state index in [0.29, 0.717) is 47.7 Å². The summed E-state index contributed by atoms with van der Waals surface area (Å²) in [7, 11) is 4.76. The van der Waals surface area contributed by atoms with Crippen molar-refractivity contribution in [1.82, 2.24) is 14.5 Å². The van der Waals surface area contributed by atoms with Gasteiger partial charge < -0.3 is 29.3 Å². The van der Waals surface area contributed by atoms with Crippen molar-refractivity contribution in [3.05, 3.63) is 41.2 Å². The highest BCUT2D eigenvalue weighted by Crippen LogP contribution is 2.37. The molecule has 11 heteroatoms. The fourth-order valence-electron chi connectivity index (χ4n) is 4.96. The summed E-state index contributed by atoms with van der Waals surface area (Å²) in [5.41, 5.74) is 1.63. The fraction of sp³-hybridized carbons (Fsp3) is 0.385. The third kappa shape index (κ3) is 4.55. The molecule has 1 saturated heterocycles. The summed E-state index contributed by atoms with van der Waals surface area (Å²) in [4.78, 5) is 34.7. The number of hydrogen-bond acceptors (Lipinski definition) is 9. The zero-order valence-electron chi connectivity index (χ0n) is 21.0. The highest BCUT2D eigenvalue weighted by Gasteiger charge is 2.33. The number of ether oxygens (including phenoxy) is 3. The Morgan fingerprint density at radius 3 is 2.41 bits per heavy atom. The molecule has 1 amide bonds. The molecule has 0 bridgehead atoms. The van der Waals surface area contributed by atoms with E-state index in [-0.39, 0.29) is 23.0 Å². The molecule has 0 radical (unpaired) electrons. The number of hydrogen-bond donors (Lipinski definition) is 1. The molecular formula is C26H29N5O5S. The predicted molar refractivity (Wildman–Crippen MR) is 143 cm³/mol. The lowest BCUT2D eigenvalue weighted by Gasteiger charge is -2.36. The minimum atomic E-state index is -0.569. The fourth-order valence-corrected chi connectivity index (χ4v) is 5.24. The highest BCUT2D eigenvalue weighted by molar-refractivity contribution is 7.71. The minimum Gasteiger partial charge on any atom is -0.495 e. The number of amides is 1. The topological polar surface area (TPSA) is 98.2 Å². The molecule has 0 spiro atoms. The molecule has 2 aliphatic rings. The maximum atomic E-state index is 13.2. The first-order valence-electron chi connectivity index (χ1n) is 12.1. The number of piperazine rings is 1. The van der Waals surface area contributed by atoms with Gasteiger partial charge in [-0.25, -0.2) is 9.55 Å². The molecule has 0 aliphatic carbocycles. The van der Waals surface area contributed by atoms with E-state index in [1.165, 1.54) is 4.57 Å². The second-order valence-electron chi connectivity index (χ2n) is 8.92. The number of anilines is 2. The van der Waals surface area contributed by atoms with Gasteiger partial charge in [-0.1, -0.05) is 12.1 Å². The molecular weight excluding hydrogens is 494 g/mol. The lowest BCUT2D eigenvalue weighted by Crippen LogP contribution is -2.49. The largest absolute Gasteiger partial charge is 0.495 e. The first-order valence-corrected chi connectivity index (χ1v) is 12.5. The van der Waals surface area contributed by atoms with Gasteiger partial charge in [-0.15, -0.1) is 0 Å². The summed E-state index contributed by atoms with van der Waals surface area (Å²) < 4.78 is 17.8. The molecule has 1 aromatic heterocycles. The Kier molecular flexibility index (Phi) is 6.88. The minimum absolute atomic E-state index is 0.0308. The number of rotatable bonds is 7. The monoisotopic (exact) mass is 523 g/mol. The number of fused-ring (bicyclic) bond motifs is 3. The van der Waals surface area contributed by atoms with Crippen molar-refractivity contribution in [1.29, 1.82) is 0 Å². The Bertz CT molecular complexity index is 1420. The summed E-state index contributed by atoms with van der Waals surface area (Å²) in [5.74, 6) is 2.25. The summed E-state index contributed by atoms with van der Waals surface area (Å²) in [6, 6.07) is 10.8. The van der Waals surface area contributed by atoms with Crippen molar-refractivity contribution in [2.24, 2.45) is 0 Å². The Morgan fingerprint density at radius 1 is 1.03 bits per heavy atom. The zero-order valence-corrected chi connectivity index (χ0v) is 21.8. The number of methoxy groups -OCH3 is 3. The van der Waals surface area contributed by atoms with Crippen molar-refractivity contribution in [3.63, 3.8) is 0 Å². The van der Waals surface area contributed by atoms with Gasteiger partial charge in [0.2, 0.25) is 10.7 Å². The van der Waals surface area contributed by atoms with Crippen LogP contribution in [0.15, 0.2) is 36.4 Å². The van der Waals surface area contributed by atoms with Crippen LogP contribution < -0.4 is 24.4 Å². The molecule has 0 unspecified atom stereocenters. The van der Waals surface area contributed by atoms with Gasteiger partial charge in [0.1, 0.15) is 17.6 Å². The van der Waals surface area contributed by atoms with Crippen LogP contribution in [0, 0.1) is 4.77 Å². The third-order valence-corrected chi connectivity index (χ3v) is 7.20. The maximum absolute atomic E-state index is 13.2. The van der Waals surface area contributed by atoms with E-state index in [4.69, 9.17) is 26.4 Å². The van der Waals surface area contributed by atoms with Crippen molar-refractivity contribution in [3.8, 4) is 17.2 Å². The van der Waals surface area contributed by atoms with Crippen molar-refractivity contribution in [2.45, 2.75) is 18.9 Å². The lowest BCUT2D eigenvalue weighted by molar-refractivity contribution is -0.131. The van der Waals surface area contributed by atoms with Crippen LogP contribution in [0.5, 0.6) is 17.2 Å². The summed E-state index contributed by atoms with van der Waals surface area (Å²) in [6.45, 7) is 2.67. The maximum Gasteiger partial charge on any atom is 0.257 e. The van der Waals surface area contributed by atoms with Crippen LogP contribution in [0.2, 0.25) is 0 Å². The van der Waals surface area contributed by atoms with Crippen molar-refractivity contribution >= 4 is 46.4 Å². The van der Waals surface area contributed by atoms with Gasteiger partial charge in [-0.3, -0.25) is 9.59 Å². The SMILES string of the molecule is COc1cc2nc(=S)n3c(c2cc1OC)N[C@@H](CCC(=O)N1CCN(c2ccccc2OC)CC1)C3=O. The molecule has 1 fully saturated rings. The number of para-hydroxylation sites is 2. The number of nitrogens with one attached hydrogen (secondary N) is 1. The van der Waals surface area contributed by atoms with Crippen LogP contribution in [0.1, 0.15) is 17.6 Å². The van der Waals surface area contributed by atoms with Crippen LogP contribution >= 0.6 is 12.2 Å². The van der Waals surface area contributed by atoms with Gasteiger partial charge in [-0.2, -0.15) is 0 Å². The van der Waals surface area contributed by atoms with Crippen LogP contribution in [-0.2, 0) is 4.79 Å². The van der Waals surface area contributed by atoms with Gasteiger partial charge in [0.15, 0.2) is 11.5 Å². The average molecular weight is 524 g/mol. The molecule has 37 heavy (non-hydrogen) atoms. The van der Waals surface area contributed by atoms with E-state index < -0.39 is 6.04 Å². The van der Waals surface area contributed by atoms with Gasteiger partial charge >= 0.3 is 0 Å². The average Bonchev–Trinajstić information content (AvgIpc) is 3.27. The Hall–Kier alpha value is -3.86. The van der Waals surface area contributed by atoms with E-state index in [1.807, 2.05) is 29.2 Å². The Balaban J connectivity index is 1.25. The smallest absolute Gasteiger partial charge is 0.257 e. The number of carbonyl (C=O) groups excluding carboxylic acids is 2. The third-order valence-electron chi connectivity index (χ3n) is 6.92. The van der Waals surface area contributed by atoms with E-state index in [0.717, 1.165) is 24.5 Å². The first-order chi connectivity index (χ1) is 17.9. The molecule has 0 saturated carbocycles. The molecule has 194 valence electrons. The first kappa shape index (κ1) is 24.8. The predicted octanol–water partition coefficient (Wildman–Crippen LogP) is 3.35. The van der Waals surface area contributed by atoms with E-state index in [2.05, 4.69) is 15.2 Å². The summed E-state index contributed by atoms with van der Waals surface area (Å²) in [6.07, 6.45) is 0.609. The van der Waals surface area contributed by atoms with E-state index in [9.17, 15) is 9.59 Å². The number of benzene rings is 2. The van der Waals surface area contributed by atoms with E-state index in [1.54, 1.807) is 33.5 Å². The normalized spacial score (nSPS) is 16.9. The van der Waals surface area contributed by atoms with Crippen LogP contribution in [0.3, 0.4) is 0 Å². The van der Waals surface area contributed by atoms with Gasteiger partial charge in [0.25, 0.3) is 5.91 Å². The van der Waals surface area contributed by atoms with E-state index >= 15 is 0 Å². The summed E-state index contributed by atoms with van der Waals surface area (Å²) >= 11 is 5.41. The van der Waals surface area contributed by atoms with Gasteiger partial charge in [0, 0.05) is 44.1 Å². The highest BCUT2D eigenvalue weighted by atomic mass is 32.1. The zero-order chi connectivity index (χ0) is 26.1. The van der Waals surface area contributed by atoms with Crippen LogP contribution in [0.4, 0.5) is 11.5 Å². The second kappa shape index (κ2) is 10.3. The molecule has 2 aromatic carbocycles. The van der Waals surface area contributed by atoms with Crippen molar-refractivity contribution in [2.75, 3.05) is 57.7 Å². The van der Waals surface area contributed by atoms with Gasteiger partial charge in [0.05, 0.1) is 32.5 Å². The number of nitrogens with zero attached hydrogens (tertiary/aromatic N) is 4. The molecule has 2 aliphatic heterocycles. The Labute approximate surface area is 219 Å². The quantitative estimate of drug-likeness (QED) is 0.468. The number of carbonyl (C=O) groups is 2. The molecule has 1 atom stereocenters. The Morgan fingerprint density at radius 2 is 1.70 bits per heavy atom. The molecule has 5 rings (SSSR count). The second-order valence-corrected chi connectivity index (χ2v) is 9.28. The molecule has 1 N–H and O–H groups in total. The van der Waals surface area contributed by atoms with Crippen LogP contribution in [-0.4, -0.2) is 79.8 Å².